The van der Waals surface area contributed by atoms with Crippen molar-refractivity contribution < 1.29 is 4.79 Å². The van der Waals surface area contributed by atoms with Gasteiger partial charge in [0.05, 0.1) is 17.6 Å². The van der Waals surface area contributed by atoms with Crippen LogP contribution in [-0.2, 0) is 11.3 Å². The molecule has 1 amide bonds. The van der Waals surface area contributed by atoms with E-state index >= 15 is 0 Å². The van der Waals surface area contributed by atoms with Crippen molar-refractivity contribution in [3.05, 3.63) is 53.9 Å². The molecule has 0 aliphatic carbocycles. The Balaban J connectivity index is 1.60. The average Bonchev–Trinajstić information content (AvgIpc) is 3.29. The number of hydrogen-bond acceptors (Lipinski definition) is 4. The molecule has 2 aromatic carbocycles. The maximum absolute atomic E-state index is 11.9. The lowest BCUT2D eigenvalue weighted by atomic mass is 10.0. The van der Waals surface area contributed by atoms with Crippen LogP contribution in [-0.4, -0.2) is 32.3 Å². The standard InChI is InChI=1S/C22H21N5O/c1-13-4-2-5-14(10-13)15-7-8-16-17(11-15)24-22(23)21-20(16)25-18(26-21)12-27-9-3-6-19(27)28/h2,4-5,7-8,10-11H,3,6,9,12H2,1H3,(H2,23,24)(H,25,26). The third-order valence-electron chi connectivity index (χ3n) is 5.37. The van der Waals surface area contributed by atoms with Crippen molar-refractivity contribution in [1.29, 1.82) is 0 Å². The van der Waals surface area contributed by atoms with Gasteiger partial charge in [-0.1, -0.05) is 42.0 Å². The molecule has 5 rings (SSSR count). The molecule has 4 aromatic rings. The predicted molar refractivity (Wildman–Crippen MR) is 111 cm³/mol. The zero-order chi connectivity index (χ0) is 19.3. The maximum Gasteiger partial charge on any atom is 0.223 e. The lowest BCUT2D eigenvalue weighted by Crippen LogP contribution is -2.24. The number of aromatic amines is 1. The molecule has 28 heavy (non-hydrogen) atoms. The molecule has 0 spiro atoms. The van der Waals surface area contributed by atoms with Crippen molar-refractivity contribution >= 4 is 33.7 Å². The molecule has 0 unspecified atom stereocenters. The van der Waals surface area contributed by atoms with E-state index in [1.54, 1.807) is 0 Å². The Labute approximate surface area is 162 Å². The fourth-order valence-corrected chi connectivity index (χ4v) is 3.95. The molecule has 6 nitrogen and oxygen atoms in total. The lowest BCUT2D eigenvalue weighted by molar-refractivity contribution is -0.128. The third kappa shape index (κ3) is 2.78. The normalized spacial score (nSPS) is 14.5. The Morgan fingerprint density at radius 2 is 2.00 bits per heavy atom. The summed E-state index contributed by atoms with van der Waals surface area (Å²) in [6, 6.07) is 14.6. The molecule has 0 saturated carbocycles. The molecule has 0 radical (unpaired) electrons. The first-order valence-corrected chi connectivity index (χ1v) is 9.51. The van der Waals surface area contributed by atoms with Gasteiger partial charge in [-0.25, -0.2) is 9.97 Å². The number of carbonyl (C=O) groups is 1. The molecule has 1 aliphatic rings. The number of likely N-dealkylation sites (tertiary alicyclic amines) is 1. The van der Waals surface area contributed by atoms with Gasteiger partial charge in [-0.2, -0.15) is 0 Å². The van der Waals surface area contributed by atoms with E-state index in [4.69, 9.17) is 5.73 Å². The monoisotopic (exact) mass is 371 g/mol. The second kappa shape index (κ2) is 6.34. The number of aromatic nitrogens is 3. The van der Waals surface area contributed by atoms with Crippen molar-refractivity contribution in [2.45, 2.75) is 26.3 Å². The molecule has 3 N–H and O–H groups in total. The largest absolute Gasteiger partial charge is 0.382 e. The number of fused-ring (bicyclic) bond motifs is 3. The molecular formula is C22H21N5O. The van der Waals surface area contributed by atoms with Gasteiger partial charge < -0.3 is 15.6 Å². The minimum atomic E-state index is 0.180. The van der Waals surface area contributed by atoms with Crippen LogP contribution in [0, 0.1) is 6.92 Å². The van der Waals surface area contributed by atoms with E-state index in [-0.39, 0.29) is 5.91 Å². The number of nitrogens with zero attached hydrogens (tertiary/aromatic N) is 3. The maximum atomic E-state index is 11.9. The summed E-state index contributed by atoms with van der Waals surface area (Å²) >= 11 is 0. The van der Waals surface area contributed by atoms with Crippen molar-refractivity contribution in [1.82, 2.24) is 19.9 Å². The van der Waals surface area contributed by atoms with Gasteiger partial charge in [0.1, 0.15) is 11.3 Å². The number of benzene rings is 2. The first kappa shape index (κ1) is 16.7. The summed E-state index contributed by atoms with van der Waals surface area (Å²) in [4.78, 5) is 26.3. The van der Waals surface area contributed by atoms with Crippen LogP contribution in [0.3, 0.4) is 0 Å². The molecule has 3 heterocycles. The summed E-state index contributed by atoms with van der Waals surface area (Å²) in [5, 5.41) is 0.979. The van der Waals surface area contributed by atoms with E-state index in [0.717, 1.165) is 46.3 Å². The number of hydrogen-bond donors (Lipinski definition) is 2. The Morgan fingerprint density at radius 1 is 1.14 bits per heavy atom. The number of pyridine rings is 1. The highest BCUT2D eigenvalue weighted by Gasteiger charge is 2.22. The Morgan fingerprint density at radius 3 is 2.79 bits per heavy atom. The van der Waals surface area contributed by atoms with E-state index in [2.05, 4.69) is 64.3 Å². The molecule has 1 saturated heterocycles. The number of aryl methyl sites for hydroxylation is 1. The molecular weight excluding hydrogens is 350 g/mol. The number of rotatable bonds is 3. The SMILES string of the molecule is Cc1cccc(-c2ccc3c(c2)nc(N)c2nc(CN4CCCC4=O)[nH]c23)c1. The van der Waals surface area contributed by atoms with E-state index in [9.17, 15) is 4.79 Å². The fourth-order valence-electron chi connectivity index (χ4n) is 3.95. The van der Waals surface area contributed by atoms with Gasteiger partial charge in [0.25, 0.3) is 0 Å². The average molecular weight is 371 g/mol. The molecule has 0 bridgehead atoms. The highest BCUT2D eigenvalue weighted by atomic mass is 16.2. The molecule has 0 atom stereocenters. The molecule has 1 fully saturated rings. The lowest BCUT2D eigenvalue weighted by Gasteiger charge is -2.12. The summed E-state index contributed by atoms with van der Waals surface area (Å²) < 4.78 is 0. The van der Waals surface area contributed by atoms with Crippen LogP contribution in [0.1, 0.15) is 24.2 Å². The molecule has 6 heteroatoms. The minimum Gasteiger partial charge on any atom is -0.382 e. The zero-order valence-electron chi connectivity index (χ0n) is 15.7. The first-order chi connectivity index (χ1) is 13.6. The Bertz CT molecular complexity index is 1230. The topological polar surface area (TPSA) is 87.9 Å². The smallest absolute Gasteiger partial charge is 0.223 e. The van der Waals surface area contributed by atoms with Crippen LogP contribution in [0.5, 0.6) is 0 Å². The number of amides is 1. The summed E-state index contributed by atoms with van der Waals surface area (Å²) in [6.07, 6.45) is 1.53. The predicted octanol–water partition coefficient (Wildman–Crippen LogP) is 3.79. The number of imidazole rings is 1. The van der Waals surface area contributed by atoms with Gasteiger partial charge in [-0.3, -0.25) is 4.79 Å². The van der Waals surface area contributed by atoms with Gasteiger partial charge in [0.15, 0.2) is 5.82 Å². The number of nitrogens with one attached hydrogen (secondary N) is 1. The summed E-state index contributed by atoms with van der Waals surface area (Å²) in [6.45, 7) is 3.35. The van der Waals surface area contributed by atoms with E-state index in [0.29, 0.717) is 24.3 Å². The van der Waals surface area contributed by atoms with Gasteiger partial charge in [-0.15, -0.1) is 0 Å². The van der Waals surface area contributed by atoms with E-state index in [1.807, 2.05) is 4.90 Å². The minimum absolute atomic E-state index is 0.180. The fraction of sp³-hybridized carbons (Fsp3) is 0.227. The van der Waals surface area contributed by atoms with Gasteiger partial charge >= 0.3 is 0 Å². The van der Waals surface area contributed by atoms with Crippen LogP contribution >= 0.6 is 0 Å². The van der Waals surface area contributed by atoms with E-state index < -0.39 is 0 Å². The number of H-pyrrole nitrogens is 1. The van der Waals surface area contributed by atoms with Gasteiger partial charge in [0.2, 0.25) is 5.91 Å². The highest BCUT2D eigenvalue weighted by Crippen LogP contribution is 2.30. The Hall–Kier alpha value is -3.41. The number of anilines is 1. The van der Waals surface area contributed by atoms with Gasteiger partial charge in [-0.05, 0) is 30.5 Å². The van der Waals surface area contributed by atoms with Gasteiger partial charge in [0, 0.05) is 18.4 Å². The van der Waals surface area contributed by atoms with E-state index in [1.165, 1.54) is 5.56 Å². The number of nitrogens with two attached hydrogens (primary N) is 1. The highest BCUT2D eigenvalue weighted by molar-refractivity contribution is 6.07. The Kier molecular flexibility index (Phi) is 3.79. The number of nitrogen functional groups attached to an aromatic ring is 1. The third-order valence-corrected chi connectivity index (χ3v) is 5.37. The molecule has 1 aliphatic heterocycles. The second-order valence-corrected chi connectivity index (χ2v) is 7.42. The summed E-state index contributed by atoms with van der Waals surface area (Å²) in [5.74, 6) is 1.33. The van der Waals surface area contributed by atoms with Crippen LogP contribution in [0.4, 0.5) is 5.82 Å². The van der Waals surface area contributed by atoms with Crippen LogP contribution < -0.4 is 5.73 Å². The summed E-state index contributed by atoms with van der Waals surface area (Å²) in [5.41, 5.74) is 12.1. The van der Waals surface area contributed by atoms with Crippen LogP contribution in [0.25, 0.3) is 33.1 Å². The van der Waals surface area contributed by atoms with Crippen molar-refractivity contribution in [2.24, 2.45) is 0 Å². The quantitative estimate of drug-likeness (QED) is 0.573. The van der Waals surface area contributed by atoms with Crippen LogP contribution in [0.2, 0.25) is 0 Å². The first-order valence-electron chi connectivity index (χ1n) is 9.51. The van der Waals surface area contributed by atoms with Crippen molar-refractivity contribution in [3.8, 4) is 11.1 Å². The van der Waals surface area contributed by atoms with Crippen LogP contribution in [0.15, 0.2) is 42.5 Å². The molecule has 140 valence electrons. The van der Waals surface area contributed by atoms with Crippen molar-refractivity contribution in [2.75, 3.05) is 12.3 Å². The summed E-state index contributed by atoms with van der Waals surface area (Å²) in [7, 11) is 0. The molecule has 2 aromatic heterocycles. The number of carbonyl (C=O) groups excluding carboxylic acids is 1. The van der Waals surface area contributed by atoms with Crippen molar-refractivity contribution in [3.63, 3.8) is 0 Å². The zero-order valence-corrected chi connectivity index (χ0v) is 15.7. The second-order valence-electron chi connectivity index (χ2n) is 7.42.